The van der Waals surface area contributed by atoms with Crippen molar-refractivity contribution in [1.82, 2.24) is 35.5 Å². The number of amides is 3. The van der Waals surface area contributed by atoms with Crippen LogP contribution in [0.5, 0.6) is 0 Å². The van der Waals surface area contributed by atoms with E-state index < -0.39 is 54.6 Å². The van der Waals surface area contributed by atoms with Crippen molar-refractivity contribution in [2.45, 2.75) is 97.6 Å². The van der Waals surface area contributed by atoms with E-state index in [1.807, 2.05) is 19.9 Å². The Labute approximate surface area is 393 Å². The lowest BCUT2D eigenvalue weighted by Gasteiger charge is -2.33. The van der Waals surface area contributed by atoms with Gasteiger partial charge in [0.15, 0.2) is 0 Å². The predicted octanol–water partition coefficient (Wildman–Crippen LogP) is 7.00. The fourth-order valence-corrected chi connectivity index (χ4v) is 9.32. The smallest absolute Gasteiger partial charge is 0.406 e. The molecule has 4 aromatic rings. The number of nitrogens with zero attached hydrogens (tertiary/aromatic N) is 5. The van der Waals surface area contributed by atoms with E-state index in [1.54, 1.807) is 51.2 Å². The molecule has 3 N–H and O–H groups in total. The molecule has 6 rings (SSSR count). The van der Waals surface area contributed by atoms with E-state index in [9.17, 15) is 41.1 Å². The molecule has 0 aliphatic carbocycles. The van der Waals surface area contributed by atoms with Crippen molar-refractivity contribution in [1.29, 1.82) is 0 Å². The lowest BCUT2D eigenvalue weighted by Crippen LogP contribution is -2.58. The summed E-state index contributed by atoms with van der Waals surface area (Å²) < 4.78 is 86.7. The second-order valence-corrected chi connectivity index (χ2v) is 18.8. The Bertz CT molecular complexity index is 2410. The topological polar surface area (TPSA) is 150 Å². The molecular weight excluding hydrogens is 892 g/mol. The molecule has 68 heavy (non-hydrogen) atoms. The molecule has 0 radical (unpaired) electrons. The molecule has 2 aliphatic heterocycles. The summed E-state index contributed by atoms with van der Waals surface area (Å²) in [4.78, 5) is 59.3. The number of carbonyl (C=O) groups is 4. The number of halogens is 5. The summed E-state index contributed by atoms with van der Waals surface area (Å²) in [7, 11) is 2.95. The van der Waals surface area contributed by atoms with Gasteiger partial charge in [0, 0.05) is 87.3 Å². The molecule has 19 heteroatoms. The first kappa shape index (κ1) is 51.7. The van der Waals surface area contributed by atoms with E-state index in [0.717, 1.165) is 6.42 Å². The molecule has 2 aromatic carbocycles. The summed E-state index contributed by atoms with van der Waals surface area (Å²) >= 11 is 0. The van der Waals surface area contributed by atoms with Crippen molar-refractivity contribution < 1.29 is 50.6 Å². The van der Waals surface area contributed by atoms with E-state index in [-0.39, 0.29) is 47.7 Å². The minimum absolute atomic E-state index is 0.0610. The number of benzene rings is 2. The number of piperazine rings is 1. The molecule has 370 valence electrons. The number of methoxy groups -OCH3 is 1. The number of fused-ring (bicyclic) bond motifs is 1. The maximum atomic E-state index is 14.9. The first-order valence-corrected chi connectivity index (χ1v) is 23.0. The Morgan fingerprint density at radius 3 is 2.32 bits per heavy atom. The summed E-state index contributed by atoms with van der Waals surface area (Å²) in [5.41, 5.74) is 5.34. The van der Waals surface area contributed by atoms with Crippen LogP contribution in [0, 0.1) is 11.3 Å². The number of hydrazine groups is 1. The molecule has 2 aromatic heterocycles. The second-order valence-electron chi connectivity index (χ2n) is 18.8. The molecule has 14 nitrogen and oxygen atoms in total. The van der Waals surface area contributed by atoms with Crippen molar-refractivity contribution in [3.05, 3.63) is 71.0 Å². The standard InChI is InChI=1S/C49H63F5N8O6/c1-30(2)43(59(6)28-63)46(65)58-40(47(66)62-15-9-8-12-57-62)20-32-18-34(21-35(19-32)45(50)51)33-10-11-41-37(22-33)39(24-48(4,5)27-68-29-64)44(61(41)26-49(52,53)54)38-23-36(60-16-13-55-14-17-60)25-56-42(38)31(3)67-7/h10-11,18-19,21-23,25,28-31,40,43,45,55,57H,8-9,12-17,20,24,26-27H2,1-7H3,(H,58,65). The zero-order valence-electron chi connectivity index (χ0n) is 39.7. The van der Waals surface area contributed by atoms with Gasteiger partial charge in [-0.3, -0.25) is 29.2 Å². The molecule has 3 unspecified atom stereocenters. The van der Waals surface area contributed by atoms with Gasteiger partial charge in [0.05, 0.1) is 36.0 Å². The maximum Gasteiger partial charge on any atom is 0.406 e. The molecule has 2 aliphatic rings. The highest BCUT2D eigenvalue weighted by Crippen LogP contribution is 2.44. The van der Waals surface area contributed by atoms with Crippen LogP contribution < -0.4 is 21.0 Å². The van der Waals surface area contributed by atoms with Crippen molar-refractivity contribution >= 4 is 41.3 Å². The first-order valence-electron chi connectivity index (χ1n) is 23.0. The molecule has 3 amide bonds. The van der Waals surface area contributed by atoms with Crippen molar-refractivity contribution in [3.8, 4) is 22.4 Å². The van der Waals surface area contributed by atoms with Crippen LogP contribution in [0.15, 0.2) is 48.7 Å². The number of aromatic nitrogens is 2. The van der Waals surface area contributed by atoms with Gasteiger partial charge in [0.1, 0.15) is 18.6 Å². The third kappa shape index (κ3) is 12.3. The Morgan fingerprint density at radius 2 is 1.71 bits per heavy atom. The van der Waals surface area contributed by atoms with Gasteiger partial charge in [0.2, 0.25) is 12.3 Å². The van der Waals surface area contributed by atoms with Crippen LogP contribution >= 0.6 is 0 Å². The minimum atomic E-state index is -4.69. The Morgan fingerprint density at radius 1 is 0.971 bits per heavy atom. The second kappa shape index (κ2) is 22.2. The molecule has 0 spiro atoms. The predicted molar refractivity (Wildman–Crippen MR) is 249 cm³/mol. The fraction of sp³-hybridized carbons (Fsp3) is 0.531. The lowest BCUT2D eigenvalue weighted by atomic mass is 9.84. The number of hydrogen-bond donors (Lipinski definition) is 3. The molecule has 2 saturated heterocycles. The number of anilines is 1. The van der Waals surface area contributed by atoms with E-state index in [2.05, 4.69) is 21.0 Å². The van der Waals surface area contributed by atoms with Crippen LogP contribution in [-0.2, 0) is 48.0 Å². The van der Waals surface area contributed by atoms with Gasteiger partial charge < -0.3 is 34.5 Å². The number of nitrogens with one attached hydrogen (secondary N) is 3. The molecule has 0 bridgehead atoms. The summed E-state index contributed by atoms with van der Waals surface area (Å²) in [5, 5.41) is 7.95. The number of ether oxygens (including phenoxy) is 2. The first-order chi connectivity index (χ1) is 32.2. The Hall–Kier alpha value is -5.66. The van der Waals surface area contributed by atoms with Crippen molar-refractivity contribution in [3.63, 3.8) is 0 Å². The quantitative estimate of drug-likeness (QED) is 0.0625. The van der Waals surface area contributed by atoms with Gasteiger partial charge in [-0.1, -0.05) is 45.9 Å². The zero-order chi connectivity index (χ0) is 49.5. The average Bonchev–Trinajstić information content (AvgIpc) is 3.59. The van der Waals surface area contributed by atoms with Gasteiger partial charge in [-0.25, -0.2) is 14.2 Å². The summed E-state index contributed by atoms with van der Waals surface area (Å²) in [6.07, 6.45) is -4.62. The normalized spacial score (nSPS) is 16.2. The Kier molecular flexibility index (Phi) is 16.9. The van der Waals surface area contributed by atoms with Gasteiger partial charge in [-0.2, -0.15) is 13.2 Å². The van der Waals surface area contributed by atoms with Crippen LogP contribution in [0.1, 0.15) is 82.4 Å². The highest BCUT2D eigenvalue weighted by Gasteiger charge is 2.36. The Balaban J connectivity index is 1.56. The van der Waals surface area contributed by atoms with Gasteiger partial charge in [0.25, 0.3) is 18.8 Å². The zero-order valence-corrected chi connectivity index (χ0v) is 39.7. The van der Waals surface area contributed by atoms with Crippen LogP contribution in [0.3, 0.4) is 0 Å². The van der Waals surface area contributed by atoms with Gasteiger partial charge >= 0.3 is 6.18 Å². The highest BCUT2D eigenvalue weighted by molar-refractivity contribution is 5.96. The van der Waals surface area contributed by atoms with E-state index in [4.69, 9.17) is 14.5 Å². The summed E-state index contributed by atoms with van der Waals surface area (Å²) in [6, 6.07) is 8.71. The van der Waals surface area contributed by atoms with Crippen LogP contribution in [0.4, 0.5) is 27.6 Å². The monoisotopic (exact) mass is 954 g/mol. The van der Waals surface area contributed by atoms with E-state index in [1.165, 1.54) is 40.8 Å². The SMILES string of the molecule is COC(C)c1ncc(N2CCNCC2)cc1-c1c(CC(C)(C)COC=O)c2cc(-c3cc(CC(NC(=O)C(C(C)C)N(C)C=O)C(=O)N4CCCCN4)cc(C(F)F)c3)ccc2n1CC(F)(F)F. The van der Waals surface area contributed by atoms with Crippen LogP contribution in [0.2, 0.25) is 0 Å². The van der Waals surface area contributed by atoms with Crippen molar-refractivity contribution in [2.24, 2.45) is 11.3 Å². The lowest BCUT2D eigenvalue weighted by molar-refractivity contribution is -0.142. The van der Waals surface area contributed by atoms with Crippen LogP contribution in [0.25, 0.3) is 33.3 Å². The summed E-state index contributed by atoms with van der Waals surface area (Å²) in [5.74, 6) is -1.41. The van der Waals surface area contributed by atoms with Crippen LogP contribution in [-0.4, -0.2) is 122 Å². The highest BCUT2D eigenvalue weighted by atomic mass is 19.4. The number of rotatable bonds is 20. The third-order valence-electron chi connectivity index (χ3n) is 12.6. The summed E-state index contributed by atoms with van der Waals surface area (Å²) in [6.45, 7) is 11.4. The van der Waals surface area contributed by atoms with Gasteiger partial charge in [-0.15, -0.1) is 0 Å². The third-order valence-corrected chi connectivity index (χ3v) is 12.6. The fourth-order valence-electron chi connectivity index (χ4n) is 9.32. The molecule has 0 saturated carbocycles. The number of pyridine rings is 1. The van der Waals surface area contributed by atoms with Crippen molar-refractivity contribution in [2.75, 3.05) is 64.9 Å². The van der Waals surface area contributed by atoms with E-state index in [0.29, 0.717) is 97.6 Å². The maximum absolute atomic E-state index is 14.9. The molecule has 3 atom stereocenters. The number of alkyl halides is 5. The molecular formula is C49H63F5N8O6. The molecule has 4 heterocycles. The van der Waals surface area contributed by atoms with Gasteiger partial charge in [-0.05, 0) is 78.6 Å². The largest absolute Gasteiger partial charge is 0.467 e. The average molecular weight is 955 g/mol. The molecule has 2 fully saturated rings. The number of carbonyl (C=O) groups excluding carboxylic acids is 4. The number of likely N-dealkylation sites (N-methyl/N-ethyl adjacent to an activating group) is 1. The minimum Gasteiger partial charge on any atom is -0.467 e. The van der Waals surface area contributed by atoms with E-state index >= 15 is 0 Å². The number of hydrogen-bond acceptors (Lipinski definition) is 10.